The molecule has 0 aromatic heterocycles. The average molecular weight is 213 g/mol. The van der Waals surface area contributed by atoms with Gasteiger partial charge in [-0.2, -0.15) is 0 Å². The van der Waals surface area contributed by atoms with Crippen molar-refractivity contribution in [2.45, 2.75) is 26.2 Å². The van der Waals surface area contributed by atoms with Crippen LogP contribution in [0.3, 0.4) is 0 Å². The van der Waals surface area contributed by atoms with E-state index >= 15 is 0 Å². The number of carboxylic acids is 1. The molecule has 0 radical (unpaired) electrons. The van der Waals surface area contributed by atoms with Gasteiger partial charge in [0.15, 0.2) is 0 Å². The van der Waals surface area contributed by atoms with Crippen LogP contribution >= 0.6 is 0 Å². The zero-order valence-electron chi connectivity index (χ0n) is 9.40. The van der Waals surface area contributed by atoms with Gasteiger partial charge < -0.3 is 10.0 Å². The predicted molar refractivity (Wildman–Crippen MR) is 58.5 cm³/mol. The van der Waals surface area contributed by atoms with Crippen LogP contribution in [-0.2, 0) is 9.59 Å². The number of amides is 1. The highest BCUT2D eigenvalue weighted by Crippen LogP contribution is 2.10. The van der Waals surface area contributed by atoms with Gasteiger partial charge in [0.05, 0.1) is 5.92 Å². The SMILES string of the molecule is C=CC(=O)N(C)CC(CCCC)C(=O)O. The van der Waals surface area contributed by atoms with Crippen molar-refractivity contribution in [3.05, 3.63) is 12.7 Å². The van der Waals surface area contributed by atoms with E-state index in [1.165, 1.54) is 11.0 Å². The van der Waals surface area contributed by atoms with Crippen LogP contribution in [0.2, 0.25) is 0 Å². The van der Waals surface area contributed by atoms with Gasteiger partial charge in [-0.05, 0) is 12.5 Å². The highest BCUT2D eigenvalue weighted by molar-refractivity contribution is 5.87. The predicted octanol–water partition coefficient (Wildman–Crippen LogP) is 1.52. The van der Waals surface area contributed by atoms with Gasteiger partial charge in [-0.1, -0.05) is 26.3 Å². The lowest BCUT2D eigenvalue weighted by atomic mass is 10.0. The summed E-state index contributed by atoms with van der Waals surface area (Å²) in [5.74, 6) is -1.55. The number of unbranched alkanes of at least 4 members (excludes halogenated alkanes) is 1. The van der Waals surface area contributed by atoms with Crippen LogP contribution in [-0.4, -0.2) is 35.5 Å². The summed E-state index contributed by atoms with van der Waals surface area (Å²) < 4.78 is 0. The summed E-state index contributed by atoms with van der Waals surface area (Å²) in [4.78, 5) is 23.4. The summed E-state index contributed by atoms with van der Waals surface area (Å²) in [6.45, 7) is 5.62. The maximum Gasteiger partial charge on any atom is 0.308 e. The van der Waals surface area contributed by atoms with E-state index in [1.54, 1.807) is 7.05 Å². The number of likely N-dealkylation sites (N-methyl/N-ethyl adjacent to an activating group) is 1. The lowest BCUT2D eigenvalue weighted by Crippen LogP contribution is -2.33. The third-order valence-electron chi connectivity index (χ3n) is 2.30. The van der Waals surface area contributed by atoms with Gasteiger partial charge in [0.2, 0.25) is 5.91 Å². The number of carbonyl (C=O) groups is 2. The molecule has 4 heteroatoms. The first-order chi connectivity index (χ1) is 7.02. The molecular formula is C11H19NO3. The zero-order valence-corrected chi connectivity index (χ0v) is 9.40. The molecule has 1 unspecified atom stereocenters. The van der Waals surface area contributed by atoms with Gasteiger partial charge in [0, 0.05) is 13.6 Å². The molecule has 0 saturated heterocycles. The Labute approximate surface area is 90.6 Å². The number of carboxylic acid groups (broad SMARTS) is 1. The number of carbonyl (C=O) groups excluding carboxylic acids is 1. The fourth-order valence-electron chi connectivity index (χ4n) is 1.32. The molecule has 86 valence electrons. The first-order valence-corrected chi connectivity index (χ1v) is 5.13. The second-order valence-corrected chi connectivity index (χ2v) is 3.60. The first-order valence-electron chi connectivity index (χ1n) is 5.13. The van der Waals surface area contributed by atoms with Crippen LogP contribution in [0.25, 0.3) is 0 Å². The van der Waals surface area contributed by atoms with Crippen molar-refractivity contribution in [1.29, 1.82) is 0 Å². The monoisotopic (exact) mass is 213 g/mol. The molecule has 0 heterocycles. The van der Waals surface area contributed by atoms with E-state index in [-0.39, 0.29) is 12.5 Å². The zero-order chi connectivity index (χ0) is 11.8. The molecule has 0 saturated carbocycles. The second kappa shape index (κ2) is 7.04. The molecule has 1 amide bonds. The maximum atomic E-state index is 11.2. The summed E-state index contributed by atoms with van der Waals surface area (Å²) in [5.41, 5.74) is 0. The second-order valence-electron chi connectivity index (χ2n) is 3.60. The molecule has 15 heavy (non-hydrogen) atoms. The van der Waals surface area contributed by atoms with Gasteiger partial charge in [-0.25, -0.2) is 0 Å². The molecule has 1 atom stereocenters. The molecular weight excluding hydrogens is 194 g/mol. The van der Waals surface area contributed by atoms with Crippen molar-refractivity contribution in [3.63, 3.8) is 0 Å². The molecule has 0 aliphatic carbocycles. The summed E-state index contributed by atoms with van der Waals surface area (Å²) in [5, 5.41) is 8.94. The first kappa shape index (κ1) is 13.7. The van der Waals surface area contributed by atoms with Crippen molar-refractivity contribution < 1.29 is 14.7 Å². The lowest BCUT2D eigenvalue weighted by Gasteiger charge is -2.20. The fraction of sp³-hybridized carbons (Fsp3) is 0.636. The van der Waals surface area contributed by atoms with E-state index in [0.717, 1.165) is 12.8 Å². The van der Waals surface area contributed by atoms with Crippen molar-refractivity contribution in [2.75, 3.05) is 13.6 Å². The number of rotatable bonds is 7. The largest absolute Gasteiger partial charge is 0.481 e. The van der Waals surface area contributed by atoms with Gasteiger partial charge >= 0.3 is 5.97 Å². The molecule has 0 aromatic rings. The maximum absolute atomic E-state index is 11.2. The average Bonchev–Trinajstić information content (AvgIpc) is 2.22. The third kappa shape index (κ3) is 5.20. The highest BCUT2D eigenvalue weighted by atomic mass is 16.4. The molecule has 0 rings (SSSR count). The number of aliphatic carboxylic acids is 1. The molecule has 0 aliphatic heterocycles. The van der Waals surface area contributed by atoms with E-state index in [2.05, 4.69) is 6.58 Å². The minimum Gasteiger partial charge on any atom is -0.481 e. The Morgan fingerprint density at radius 2 is 2.13 bits per heavy atom. The van der Waals surface area contributed by atoms with Crippen molar-refractivity contribution in [3.8, 4) is 0 Å². The summed E-state index contributed by atoms with van der Waals surface area (Å²) >= 11 is 0. The molecule has 0 fully saturated rings. The third-order valence-corrected chi connectivity index (χ3v) is 2.30. The van der Waals surface area contributed by atoms with E-state index < -0.39 is 11.9 Å². The topological polar surface area (TPSA) is 57.6 Å². The van der Waals surface area contributed by atoms with Crippen molar-refractivity contribution in [2.24, 2.45) is 5.92 Å². The van der Waals surface area contributed by atoms with E-state index in [0.29, 0.717) is 6.42 Å². The van der Waals surface area contributed by atoms with Crippen LogP contribution < -0.4 is 0 Å². The molecule has 0 bridgehead atoms. The van der Waals surface area contributed by atoms with Crippen molar-refractivity contribution >= 4 is 11.9 Å². The van der Waals surface area contributed by atoms with E-state index in [9.17, 15) is 9.59 Å². The lowest BCUT2D eigenvalue weighted by molar-refractivity contribution is -0.143. The van der Waals surface area contributed by atoms with Gasteiger partial charge in [0.1, 0.15) is 0 Å². The number of hydrogen-bond acceptors (Lipinski definition) is 2. The molecule has 0 spiro atoms. The van der Waals surface area contributed by atoms with Crippen LogP contribution in [0.15, 0.2) is 12.7 Å². The van der Waals surface area contributed by atoms with E-state index in [4.69, 9.17) is 5.11 Å². The van der Waals surface area contributed by atoms with Crippen molar-refractivity contribution in [1.82, 2.24) is 4.90 Å². The van der Waals surface area contributed by atoms with Gasteiger partial charge in [0.25, 0.3) is 0 Å². The van der Waals surface area contributed by atoms with Gasteiger partial charge in [-0.3, -0.25) is 9.59 Å². The summed E-state index contributed by atoms with van der Waals surface area (Å²) in [6, 6.07) is 0. The van der Waals surface area contributed by atoms with Crippen LogP contribution in [0.1, 0.15) is 26.2 Å². The molecule has 0 aromatic carbocycles. The Hall–Kier alpha value is -1.32. The Morgan fingerprint density at radius 3 is 2.53 bits per heavy atom. The Morgan fingerprint density at radius 1 is 1.53 bits per heavy atom. The Bertz CT molecular complexity index is 238. The fourth-order valence-corrected chi connectivity index (χ4v) is 1.32. The summed E-state index contributed by atoms with van der Waals surface area (Å²) in [6.07, 6.45) is 3.63. The molecule has 4 nitrogen and oxygen atoms in total. The van der Waals surface area contributed by atoms with Crippen LogP contribution in [0.4, 0.5) is 0 Å². The smallest absolute Gasteiger partial charge is 0.308 e. The van der Waals surface area contributed by atoms with Crippen LogP contribution in [0.5, 0.6) is 0 Å². The molecule has 0 aliphatic rings. The minimum atomic E-state index is -0.841. The van der Waals surface area contributed by atoms with Gasteiger partial charge in [-0.15, -0.1) is 0 Å². The summed E-state index contributed by atoms with van der Waals surface area (Å²) in [7, 11) is 1.59. The highest BCUT2D eigenvalue weighted by Gasteiger charge is 2.20. The Kier molecular flexibility index (Phi) is 6.42. The normalized spacial score (nSPS) is 11.9. The number of hydrogen-bond donors (Lipinski definition) is 1. The quantitative estimate of drug-likeness (QED) is 0.652. The van der Waals surface area contributed by atoms with Crippen LogP contribution in [0, 0.1) is 5.92 Å². The minimum absolute atomic E-state index is 0.238. The number of nitrogens with zero attached hydrogens (tertiary/aromatic N) is 1. The Balaban J connectivity index is 4.21. The molecule has 1 N–H and O–H groups in total. The standard InChI is InChI=1S/C11H19NO3/c1-4-6-7-9(11(14)15)8-12(3)10(13)5-2/h5,9H,2,4,6-8H2,1,3H3,(H,14,15). The van der Waals surface area contributed by atoms with E-state index in [1.807, 2.05) is 6.92 Å².